The lowest BCUT2D eigenvalue weighted by molar-refractivity contribution is 0.0232. The summed E-state index contributed by atoms with van der Waals surface area (Å²) in [6.07, 6.45) is -0.256. The van der Waals surface area contributed by atoms with Crippen molar-refractivity contribution >= 4 is 0 Å². The predicted octanol–water partition coefficient (Wildman–Crippen LogP) is 3.26. The second-order valence-electron chi connectivity index (χ2n) is 4.98. The number of rotatable bonds is 7. The van der Waals surface area contributed by atoms with Crippen LogP contribution in [0, 0.1) is 11.3 Å². The summed E-state index contributed by atoms with van der Waals surface area (Å²) in [5.41, 5.74) is 2.01. The van der Waals surface area contributed by atoms with E-state index < -0.39 is 6.10 Å². The van der Waals surface area contributed by atoms with Crippen LogP contribution in [0.4, 0.5) is 0 Å². The van der Waals surface area contributed by atoms with E-state index in [0.717, 1.165) is 11.1 Å². The van der Waals surface area contributed by atoms with Gasteiger partial charge in [-0.2, -0.15) is 5.26 Å². The maximum Gasteiger partial charge on any atom is 0.0789 e. The SMILES string of the molecule is N#CC(C[C@@H](O)COCc1ccccc1)c1ccccc1. The van der Waals surface area contributed by atoms with Gasteiger partial charge in [-0.15, -0.1) is 0 Å². The fraction of sp³-hybridized carbons (Fsp3) is 0.278. The number of nitriles is 1. The molecular weight excluding hydrogens is 262 g/mol. The molecule has 0 aliphatic heterocycles. The molecule has 2 rings (SSSR count). The molecule has 21 heavy (non-hydrogen) atoms. The zero-order valence-electron chi connectivity index (χ0n) is 11.9. The topological polar surface area (TPSA) is 53.2 Å². The number of nitrogens with zero attached hydrogens (tertiary/aromatic N) is 1. The quantitative estimate of drug-likeness (QED) is 0.847. The molecule has 0 aromatic heterocycles. The van der Waals surface area contributed by atoms with Crippen LogP contribution in [-0.4, -0.2) is 17.8 Å². The highest BCUT2D eigenvalue weighted by molar-refractivity contribution is 5.24. The Hall–Kier alpha value is -2.15. The summed E-state index contributed by atoms with van der Waals surface area (Å²) in [6.45, 7) is 0.709. The number of aliphatic hydroxyl groups is 1. The minimum absolute atomic E-state index is 0.236. The van der Waals surface area contributed by atoms with Gasteiger partial charge in [-0.3, -0.25) is 0 Å². The summed E-state index contributed by atoms with van der Waals surface area (Å²) in [4.78, 5) is 0. The number of benzene rings is 2. The number of aliphatic hydroxyl groups excluding tert-OH is 1. The highest BCUT2D eigenvalue weighted by Gasteiger charge is 2.16. The molecule has 3 nitrogen and oxygen atoms in total. The Kier molecular flexibility index (Phi) is 5.96. The molecule has 0 heterocycles. The fourth-order valence-corrected chi connectivity index (χ4v) is 2.18. The predicted molar refractivity (Wildman–Crippen MR) is 81.5 cm³/mol. The Bertz CT molecular complexity index is 563. The van der Waals surface area contributed by atoms with Crippen molar-refractivity contribution in [2.45, 2.75) is 25.0 Å². The van der Waals surface area contributed by atoms with Gasteiger partial charge in [0, 0.05) is 0 Å². The summed E-state index contributed by atoms with van der Waals surface area (Å²) < 4.78 is 5.50. The maximum atomic E-state index is 10.0. The van der Waals surface area contributed by atoms with Gasteiger partial charge in [0.1, 0.15) is 0 Å². The molecular formula is C18H19NO2. The van der Waals surface area contributed by atoms with E-state index in [0.29, 0.717) is 13.0 Å². The summed E-state index contributed by atoms with van der Waals surface area (Å²) in [5.74, 6) is -0.304. The molecule has 0 saturated heterocycles. The molecule has 1 unspecified atom stereocenters. The van der Waals surface area contributed by atoms with Crippen LogP contribution in [0.25, 0.3) is 0 Å². The molecule has 108 valence electrons. The highest BCUT2D eigenvalue weighted by atomic mass is 16.5. The van der Waals surface area contributed by atoms with Crippen LogP contribution in [0.2, 0.25) is 0 Å². The zero-order valence-corrected chi connectivity index (χ0v) is 11.9. The lowest BCUT2D eigenvalue weighted by Crippen LogP contribution is -2.18. The molecule has 0 aliphatic rings. The summed E-state index contributed by atoms with van der Waals surface area (Å²) in [7, 11) is 0. The van der Waals surface area contributed by atoms with Crippen molar-refractivity contribution in [3.8, 4) is 6.07 Å². The van der Waals surface area contributed by atoms with E-state index in [1.807, 2.05) is 60.7 Å². The molecule has 0 aliphatic carbocycles. The Morgan fingerprint density at radius 3 is 2.24 bits per heavy atom. The van der Waals surface area contributed by atoms with E-state index in [2.05, 4.69) is 6.07 Å². The average molecular weight is 281 g/mol. The van der Waals surface area contributed by atoms with Crippen LogP contribution < -0.4 is 0 Å². The van der Waals surface area contributed by atoms with Crippen molar-refractivity contribution in [3.63, 3.8) is 0 Å². The summed E-state index contributed by atoms with van der Waals surface area (Å²) in [6, 6.07) is 21.6. The molecule has 2 atom stereocenters. The van der Waals surface area contributed by atoms with Crippen LogP contribution in [0.3, 0.4) is 0 Å². The molecule has 0 radical (unpaired) electrons. The smallest absolute Gasteiger partial charge is 0.0789 e. The molecule has 0 bridgehead atoms. The maximum absolute atomic E-state index is 10.0. The minimum atomic E-state index is -0.640. The van der Waals surface area contributed by atoms with Gasteiger partial charge in [0.15, 0.2) is 0 Å². The zero-order chi connectivity index (χ0) is 14.9. The molecule has 0 saturated carbocycles. The van der Waals surface area contributed by atoms with Crippen LogP contribution in [0.15, 0.2) is 60.7 Å². The molecule has 3 heteroatoms. The number of ether oxygens (including phenoxy) is 1. The second kappa shape index (κ2) is 8.21. The third-order valence-corrected chi connectivity index (χ3v) is 3.29. The van der Waals surface area contributed by atoms with Gasteiger partial charge in [0.2, 0.25) is 0 Å². The Morgan fingerprint density at radius 1 is 1.00 bits per heavy atom. The molecule has 1 N–H and O–H groups in total. The summed E-state index contributed by atoms with van der Waals surface area (Å²) in [5, 5.41) is 19.2. The molecule has 2 aromatic rings. The van der Waals surface area contributed by atoms with Crippen molar-refractivity contribution < 1.29 is 9.84 Å². The van der Waals surface area contributed by atoms with Crippen LogP contribution >= 0.6 is 0 Å². The first-order valence-electron chi connectivity index (χ1n) is 7.04. The van der Waals surface area contributed by atoms with Crippen LogP contribution in [-0.2, 0) is 11.3 Å². The van der Waals surface area contributed by atoms with Crippen molar-refractivity contribution in [2.75, 3.05) is 6.61 Å². The largest absolute Gasteiger partial charge is 0.391 e. The molecule has 0 amide bonds. The summed E-state index contributed by atoms with van der Waals surface area (Å²) >= 11 is 0. The van der Waals surface area contributed by atoms with E-state index in [-0.39, 0.29) is 12.5 Å². The first kappa shape index (κ1) is 15.2. The fourth-order valence-electron chi connectivity index (χ4n) is 2.18. The van der Waals surface area contributed by atoms with Crippen LogP contribution in [0.1, 0.15) is 23.5 Å². The van der Waals surface area contributed by atoms with Gasteiger partial charge in [-0.1, -0.05) is 60.7 Å². The lowest BCUT2D eigenvalue weighted by atomic mass is 9.95. The van der Waals surface area contributed by atoms with Crippen molar-refractivity contribution in [3.05, 3.63) is 71.8 Å². The first-order chi connectivity index (χ1) is 10.3. The number of hydrogen-bond acceptors (Lipinski definition) is 3. The van der Waals surface area contributed by atoms with Gasteiger partial charge in [0.25, 0.3) is 0 Å². The van der Waals surface area contributed by atoms with Gasteiger partial charge in [-0.05, 0) is 17.5 Å². The van der Waals surface area contributed by atoms with E-state index in [1.54, 1.807) is 0 Å². The minimum Gasteiger partial charge on any atom is -0.391 e. The van der Waals surface area contributed by atoms with E-state index in [1.165, 1.54) is 0 Å². The Balaban J connectivity index is 1.78. The van der Waals surface area contributed by atoms with E-state index in [9.17, 15) is 10.4 Å². The van der Waals surface area contributed by atoms with Gasteiger partial charge in [-0.25, -0.2) is 0 Å². The van der Waals surface area contributed by atoms with Crippen molar-refractivity contribution in [1.29, 1.82) is 5.26 Å². The third kappa shape index (κ3) is 5.03. The van der Waals surface area contributed by atoms with E-state index >= 15 is 0 Å². The van der Waals surface area contributed by atoms with E-state index in [4.69, 9.17) is 4.74 Å². The normalized spacial score (nSPS) is 13.3. The highest BCUT2D eigenvalue weighted by Crippen LogP contribution is 2.20. The Labute approximate surface area is 125 Å². The van der Waals surface area contributed by atoms with Crippen molar-refractivity contribution in [1.82, 2.24) is 0 Å². The van der Waals surface area contributed by atoms with Gasteiger partial charge in [0.05, 0.1) is 31.3 Å². The molecule has 2 aromatic carbocycles. The van der Waals surface area contributed by atoms with Gasteiger partial charge < -0.3 is 9.84 Å². The van der Waals surface area contributed by atoms with Crippen molar-refractivity contribution in [2.24, 2.45) is 0 Å². The van der Waals surface area contributed by atoms with Crippen LogP contribution in [0.5, 0.6) is 0 Å². The molecule has 0 fully saturated rings. The second-order valence-corrected chi connectivity index (χ2v) is 4.98. The standard InChI is InChI=1S/C18H19NO2/c19-12-17(16-9-5-2-6-10-16)11-18(20)14-21-13-15-7-3-1-4-8-15/h1-10,17-18,20H,11,13-14H2/t17?,18-/m1/s1. The Morgan fingerprint density at radius 2 is 1.62 bits per heavy atom. The monoisotopic (exact) mass is 281 g/mol. The lowest BCUT2D eigenvalue weighted by Gasteiger charge is -2.15. The average Bonchev–Trinajstić information content (AvgIpc) is 2.54. The number of hydrogen-bond donors (Lipinski definition) is 1. The third-order valence-electron chi connectivity index (χ3n) is 3.29. The first-order valence-corrected chi connectivity index (χ1v) is 7.04. The van der Waals surface area contributed by atoms with Gasteiger partial charge >= 0.3 is 0 Å². The molecule has 0 spiro atoms.